The Morgan fingerprint density at radius 2 is 2.33 bits per heavy atom. The molecule has 1 amide bonds. The maximum atomic E-state index is 12.4. The summed E-state index contributed by atoms with van der Waals surface area (Å²) in [6.07, 6.45) is 6.88. The van der Waals surface area contributed by atoms with Gasteiger partial charge in [0.05, 0.1) is 18.8 Å². The quantitative estimate of drug-likeness (QED) is 0.866. The van der Waals surface area contributed by atoms with Crippen LogP contribution in [0.1, 0.15) is 25.7 Å². The molecule has 116 valence electrons. The summed E-state index contributed by atoms with van der Waals surface area (Å²) in [7, 11) is 0. The van der Waals surface area contributed by atoms with Gasteiger partial charge in [-0.2, -0.15) is 5.10 Å². The molecular formula is C15H23N3O3. The largest absolute Gasteiger partial charge is 0.396 e. The summed E-state index contributed by atoms with van der Waals surface area (Å²) in [5.74, 6) is 0.483. The van der Waals surface area contributed by atoms with E-state index in [2.05, 4.69) is 5.10 Å². The van der Waals surface area contributed by atoms with Crippen molar-refractivity contribution < 1.29 is 14.6 Å². The number of fused-ring (bicyclic) bond motifs is 1. The number of morpholine rings is 1. The minimum Gasteiger partial charge on any atom is -0.396 e. The standard InChI is InChI=1S/C15H23N3O3/c19-11-12-9-13-14(10-12)21-8-7-18(13)15(20)3-1-5-17-6-2-4-16-17/h2,4,6,12-14,19H,1,3,5,7-11H2/t12-,13+,14+/m1/s1. The average Bonchev–Trinajstić information content (AvgIpc) is 3.15. The number of amides is 1. The zero-order valence-electron chi connectivity index (χ0n) is 12.2. The molecule has 1 saturated heterocycles. The van der Waals surface area contributed by atoms with Crippen molar-refractivity contribution in [1.82, 2.24) is 14.7 Å². The highest BCUT2D eigenvalue weighted by Crippen LogP contribution is 2.34. The number of aliphatic hydroxyl groups excluding tert-OH is 1. The second kappa shape index (κ2) is 6.58. The van der Waals surface area contributed by atoms with Crippen LogP contribution in [0.25, 0.3) is 0 Å². The third-order valence-corrected chi connectivity index (χ3v) is 4.55. The van der Waals surface area contributed by atoms with Crippen molar-refractivity contribution in [3.63, 3.8) is 0 Å². The molecular weight excluding hydrogens is 270 g/mol. The van der Waals surface area contributed by atoms with Gasteiger partial charge in [0.2, 0.25) is 5.91 Å². The Morgan fingerprint density at radius 1 is 1.43 bits per heavy atom. The maximum Gasteiger partial charge on any atom is 0.223 e. The highest BCUT2D eigenvalue weighted by Gasteiger charge is 2.42. The lowest BCUT2D eigenvalue weighted by Gasteiger charge is -2.37. The maximum absolute atomic E-state index is 12.4. The van der Waals surface area contributed by atoms with E-state index < -0.39 is 0 Å². The van der Waals surface area contributed by atoms with Gasteiger partial charge in [-0.25, -0.2) is 0 Å². The van der Waals surface area contributed by atoms with Crippen LogP contribution in [0.2, 0.25) is 0 Å². The zero-order valence-corrected chi connectivity index (χ0v) is 12.2. The Kier molecular flexibility index (Phi) is 4.55. The molecule has 0 aromatic carbocycles. The lowest BCUT2D eigenvalue weighted by atomic mass is 10.1. The lowest BCUT2D eigenvalue weighted by molar-refractivity contribution is -0.144. The van der Waals surface area contributed by atoms with Gasteiger partial charge in [-0.15, -0.1) is 0 Å². The molecule has 6 heteroatoms. The third kappa shape index (κ3) is 3.27. The van der Waals surface area contributed by atoms with Crippen molar-refractivity contribution in [1.29, 1.82) is 0 Å². The molecule has 1 aliphatic carbocycles. The van der Waals surface area contributed by atoms with Gasteiger partial charge in [-0.1, -0.05) is 0 Å². The molecule has 1 saturated carbocycles. The van der Waals surface area contributed by atoms with Crippen molar-refractivity contribution >= 4 is 5.91 Å². The summed E-state index contributed by atoms with van der Waals surface area (Å²) in [6.45, 7) is 2.26. The van der Waals surface area contributed by atoms with Crippen LogP contribution < -0.4 is 0 Å². The molecule has 0 unspecified atom stereocenters. The van der Waals surface area contributed by atoms with E-state index in [0.717, 1.165) is 25.8 Å². The number of aromatic nitrogens is 2. The number of rotatable bonds is 5. The first kappa shape index (κ1) is 14.5. The first-order valence-corrected chi connectivity index (χ1v) is 7.77. The van der Waals surface area contributed by atoms with Crippen molar-refractivity contribution in [3.8, 4) is 0 Å². The molecule has 3 atom stereocenters. The summed E-state index contributed by atoms with van der Waals surface area (Å²) in [6, 6.07) is 2.05. The van der Waals surface area contributed by atoms with E-state index in [1.807, 2.05) is 21.8 Å². The van der Waals surface area contributed by atoms with Gasteiger partial charge in [-0.05, 0) is 31.2 Å². The van der Waals surface area contributed by atoms with Crippen LogP contribution in [-0.4, -0.2) is 57.6 Å². The lowest BCUT2D eigenvalue weighted by Crippen LogP contribution is -2.51. The average molecular weight is 293 g/mol. The number of carbonyl (C=O) groups excluding carboxylic acids is 1. The van der Waals surface area contributed by atoms with Crippen LogP contribution in [0.15, 0.2) is 18.5 Å². The normalized spacial score (nSPS) is 28.6. The van der Waals surface area contributed by atoms with E-state index >= 15 is 0 Å². The van der Waals surface area contributed by atoms with Crippen molar-refractivity contribution in [3.05, 3.63) is 18.5 Å². The fourth-order valence-electron chi connectivity index (χ4n) is 3.48. The van der Waals surface area contributed by atoms with Gasteiger partial charge in [0.1, 0.15) is 0 Å². The third-order valence-electron chi connectivity index (χ3n) is 4.55. The smallest absolute Gasteiger partial charge is 0.223 e. The Balaban J connectivity index is 1.51. The van der Waals surface area contributed by atoms with Gasteiger partial charge in [0.25, 0.3) is 0 Å². The van der Waals surface area contributed by atoms with Crippen LogP contribution in [0.3, 0.4) is 0 Å². The molecule has 2 heterocycles. The molecule has 0 spiro atoms. The second-order valence-electron chi connectivity index (χ2n) is 5.96. The SMILES string of the molecule is O=C(CCCn1cccn1)N1CCO[C@H]2C[C@H](CO)C[C@@H]21. The van der Waals surface area contributed by atoms with E-state index in [9.17, 15) is 9.90 Å². The van der Waals surface area contributed by atoms with Crippen LogP contribution in [0.5, 0.6) is 0 Å². The fraction of sp³-hybridized carbons (Fsp3) is 0.733. The number of ether oxygens (including phenoxy) is 1. The van der Waals surface area contributed by atoms with E-state index in [-0.39, 0.29) is 30.6 Å². The Morgan fingerprint density at radius 3 is 3.10 bits per heavy atom. The molecule has 2 fully saturated rings. The molecule has 21 heavy (non-hydrogen) atoms. The molecule has 1 aromatic heterocycles. The minimum absolute atomic E-state index is 0.117. The fourth-order valence-corrected chi connectivity index (χ4v) is 3.48. The number of aliphatic hydroxyl groups is 1. The first-order valence-electron chi connectivity index (χ1n) is 7.77. The van der Waals surface area contributed by atoms with Gasteiger partial charge < -0.3 is 14.7 Å². The molecule has 0 bridgehead atoms. The summed E-state index contributed by atoms with van der Waals surface area (Å²) in [5.41, 5.74) is 0. The van der Waals surface area contributed by atoms with Crippen LogP contribution in [0.4, 0.5) is 0 Å². The predicted molar refractivity (Wildman–Crippen MR) is 76.5 cm³/mol. The Hall–Kier alpha value is -1.40. The first-order chi connectivity index (χ1) is 10.3. The van der Waals surface area contributed by atoms with Crippen molar-refractivity contribution in [2.45, 2.75) is 44.4 Å². The van der Waals surface area contributed by atoms with Gasteiger partial charge in [0, 0.05) is 38.5 Å². The number of aryl methyl sites for hydroxylation is 1. The zero-order chi connectivity index (χ0) is 14.7. The summed E-state index contributed by atoms with van der Waals surface area (Å²) < 4.78 is 7.61. The number of nitrogens with zero attached hydrogens (tertiary/aromatic N) is 3. The number of carbonyl (C=O) groups is 1. The Labute approximate surface area is 124 Å². The summed E-state index contributed by atoms with van der Waals surface area (Å²) in [4.78, 5) is 14.4. The van der Waals surface area contributed by atoms with E-state index in [4.69, 9.17) is 4.74 Å². The molecule has 1 aromatic rings. The van der Waals surface area contributed by atoms with Crippen molar-refractivity contribution in [2.75, 3.05) is 19.8 Å². The van der Waals surface area contributed by atoms with Gasteiger partial charge >= 0.3 is 0 Å². The molecule has 2 aliphatic rings. The molecule has 0 radical (unpaired) electrons. The van der Waals surface area contributed by atoms with Crippen LogP contribution in [0, 0.1) is 5.92 Å². The molecule has 6 nitrogen and oxygen atoms in total. The topological polar surface area (TPSA) is 67.6 Å². The summed E-state index contributed by atoms with van der Waals surface area (Å²) >= 11 is 0. The van der Waals surface area contributed by atoms with Gasteiger partial charge in [-0.3, -0.25) is 9.48 Å². The highest BCUT2D eigenvalue weighted by atomic mass is 16.5. The van der Waals surface area contributed by atoms with E-state index in [0.29, 0.717) is 19.6 Å². The molecule has 1 aliphatic heterocycles. The van der Waals surface area contributed by atoms with Crippen LogP contribution >= 0.6 is 0 Å². The monoisotopic (exact) mass is 293 g/mol. The number of hydrogen-bond acceptors (Lipinski definition) is 4. The van der Waals surface area contributed by atoms with Gasteiger partial charge in [0.15, 0.2) is 0 Å². The van der Waals surface area contributed by atoms with E-state index in [1.54, 1.807) is 6.20 Å². The minimum atomic E-state index is 0.117. The number of hydrogen-bond donors (Lipinski definition) is 1. The molecule has 3 rings (SSSR count). The Bertz CT molecular complexity index is 463. The second-order valence-corrected chi connectivity index (χ2v) is 5.96. The molecule has 1 N–H and O–H groups in total. The predicted octanol–water partition coefficient (Wildman–Crippen LogP) is 0.662. The summed E-state index contributed by atoms with van der Waals surface area (Å²) in [5, 5.41) is 13.5. The highest BCUT2D eigenvalue weighted by molar-refractivity contribution is 5.76. The van der Waals surface area contributed by atoms with Crippen LogP contribution in [-0.2, 0) is 16.1 Å². The van der Waals surface area contributed by atoms with E-state index in [1.165, 1.54) is 0 Å². The van der Waals surface area contributed by atoms with Crippen molar-refractivity contribution in [2.24, 2.45) is 5.92 Å².